The molecular weight excluding hydrogens is 213 g/mol. The molecule has 0 bridgehead atoms. The summed E-state index contributed by atoms with van der Waals surface area (Å²) < 4.78 is 36.3. The van der Waals surface area contributed by atoms with E-state index in [0.717, 1.165) is 0 Å². The molecule has 15 heavy (non-hydrogen) atoms. The van der Waals surface area contributed by atoms with Crippen molar-refractivity contribution in [3.05, 3.63) is 0 Å². The van der Waals surface area contributed by atoms with Gasteiger partial charge in [-0.05, 0) is 12.8 Å². The summed E-state index contributed by atoms with van der Waals surface area (Å²) in [6.07, 6.45) is -3.43. The van der Waals surface area contributed by atoms with Crippen molar-refractivity contribution in [3.63, 3.8) is 0 Å². The Morgan fingerprint density at radius 2 is 1.93 bits per heavy atom. The standard InChI is InChI=1S/C8H9F3N2O2/c9-8(10,11)4-13-5(14)7(1-2-7)3-12-6(13)15/h1-4H2,(H,12,15). The number of nitrogens with one attached hydrogen (secondary N) is 1. The van der Waals surface area contributed by atoms with Crippen molar-refractivity contribution >= 4 is 11.9 Å². The Hall–Kier alpha value is -1.27. The number of hydrogen-bond acceptors (Lipinski definition) is 2. The van der Waals surface area contributed by atoms with E-state index in [1.807, 2.05) is 0 Å². The van der Waals surface area contributed by atoms with Gasteiger partial charge in [0.15, 0.2) is 0 Å². The quantitative estimate of drug-likeness (QED) is 0.716. The zero-order valence-corrected chi connectivity index (χ0v) is 7.73. The van der Waals surface area contributed by atoms with Crippen LogP contribution < -0.4 is 5.32 Å². The lowest BCUT2D eigenvalue weighted by atomic mass is 10.0. The summed E-state index contributed by atoms with van der Waals surface area (Å²) >= 11 is 0. The van der Waals surface area contributed by atoms with Crippen molar-refractivity contribution in [3.8, 4) is 0 Å². The van der Waals surface area contributed by atoms with E-state index in [1.165, 1.54) is 0 Å². The first-order chi connectivity index (χ1) is 6.84. The van der Waals surface area contributed by atoms with E-state index in [9.17, 15) is 22.8 Å². The number of nitrogens with zero attached hydrogens (tertiary/aromatic N) is 1. The highest BCUT2D eigenvalue weighted by Gasteiger charge is 2.57. The second-order valence-electron chi connectivity index (χ2n) is 3.95. The molecule has 1 heterocycles. The molecule has 2 rings (SSSR count). The fourth-order valence-corrected chi connectivity index (χ4v) is 1.66. The van der Waals surface area contributed by atoms with Gasteiger partial charge in [-0.2, -0.15) is 13.2 Å². The Bertz CT molecular complexity index is 322. The van der Waals surface area contributed by atoms with Crippen LogP contribution in [0.1, 0.15) is 12.8 Å². The molecule has 0 aromatic heterocycles. The van der Waals surface area contributed by atoms with Gasteiger partial charge < -0.3 is 5.32 Å². The van der Waals surface area contributed by atoms with Gasteiger partial charge in [0.25, 0.3) is 0 Å². The second-order valence-corrected chi connectivity index (χ2v) is 3.95. The van der Waals surface area contributed by atoms with Crippen molar-refractivity contribution in [1.82, 2.24) is 10.2 Å². The summed E-state index contributed by atoms with van der Waals surface area (Å²) in [4.78, 5) is 22.9. The Kier molecular flexibility index (Phi) is 1.96. The van der Waals surface area contributed by atoms with Crippen LogP contribution in [0, 0.1) is 5.41 Å². The Morgan fingerprint density at radius 1 is 1.33 bits per heavy atom. The minimum absolute atomic E-state index is 0.166. The third-order valence-electron chi connectivity index (χ3n) is 2.71. The third-order valence-corrected chi connectivity index (χ3v) is 2.71. The van der Waals surface area contributed by atoms with E-state index in [0.29, 0.717) is 12.8 Å². The fraction of sp³-hybridized carbons (Fsp3) is 0.750. The maximum Gasteiger partial charge on any atom is 0.406 e. The Labute approximate surface area is 83.4 Å². The molecule has 0 aromatic rings. The number of hydrogen-bond donors (Lipinski definition) is 1. The van der Waals surface area contributed by atoms with Crippen LogP contribution >= 0.6 is 0 Å². The molecule has 1 saturated carbocycles. The lowest BCUT2D eigenvalue weighted by Crippen LogP contribution is -2.58. The minimum Gasteiger partial charge on any atom is -0.337 e. The first kappa shape index (κ1) is 10.3. The maximum absolute atomic E-state index is 12.1. The summed E-state index contributed by atoms with van der Waals surface area (Å²) in [6.45, 7) is -1.33. The fourth-order valence-electron chi connectivity index (χ4n) is 1.66. The number of amides is 3. The summed E-state index contributed by atoms with van der Waals surface area (Å²) in [5.74, 6) is -0.691. The number of rotatable bonds is 1. The van der Waals surface area contributed by atoms with Gasteiger partial charge in [0, 0.05) is 6.54 Å². The smallest absolute Gasteiger partial charge is 0.337 e. The van der Waals surface area contributed by atoms with Gasteiger partial charge in [0.1, 0.15) is 6.54 Å². The number of carbonyl (C=O) groups is 2. The number of halogens is 3. The van der Waals surface area contributed by atoms with E-state index < -0.39 is 30.1 Å². The Morgan fingerprint density at radius 3 is 2.40 bits per heavy atom. The van der Waals surface area contributed by atoms with Crippen molar-refractivity contribution in [2.75, 3.05) is 13.1 Å². The largest absolute Gasteiger partial charge is 0.406 e. The van der Waals surface area contributed by atoms with Crippen LogP contribution in [0.25, 0.3) is 0 Å². The molecule has 0 aromatic carbocycles. The van der Waals surface area contributed by atoms with Crippen LogP contribution in [0.15, 0.2) is 0 Å². The van der Waals surface area contributed by atoms with Gasteiger partial charge in [0.05, 0.1) is 5.41 Å². The van der Waals surface area contributed by atoms with Crippen molar-refractivity contribution < 1.29 is 22.8 Å². The highest BCUT2D eigenvalue weighted by Crippen LogP contribution is 2.48. The third kappa shape index (κ3) is 1.78. The molecule has 1 N–H and O–H groups in total. The number of imide groups is 1. The normalized spacial score (nSPS) is 24.3. The molecule has 7 heteroatoms. The topological polar surface area (TPSA) is 49.4 Å². The summed E-state index contributed by atoms with van der Waals surface area (Å²) in [7, 11) is 0. The zero-order chi connectivity index (χ0) is 11.3. The molecule has 0 atom stereocenters. The number of urea groups is 1. The van der Waals surface area contributed by atoms with Crippen molar-refractivity contribution in [2.45, 2.75) is 19.0 Å². The van der Waals surface area contributed by atoms with Crippen molar-refractivity contribution in [1.29, 1.82) is 0 Å². The van der Waals surface area contributed by atoms with Gasteiger partial charge >= 0.3 is 12.2 Å². The second kappa shape index (κ2) is 2.86. The van der Waals surface area contributed by atoms with E-state index in [4.69, 9.17) is 0 Å². The van der Waals surface area contributed by atoms with Crippen LogP contribution in [0.5, 0.6) is 0 Å². The summed E-state index contributed by atoms with van der Waals surface area (Å²) in [5.41, 5.74) is -0.737. The van der Waals surface area contributed by atoms with Crippen molar-refractivity contribution in [2.24, 2.45) is 5.41 Å². The molecule has 1 aliphatic carbocycles. The van der Waals surface area contributed by atoms with E-state index in [2.05, 4.69) is 5.32 Å². The van der Waals surface area contributed by atoms with Crippen LogP contribution in [0.2, 0.25) is 0 Å². The summed E-state index contributed by atoms with van der Waals surface area (Å²) in [5, 5.41) is 2.30. The van der Waals surface area contributed by atoms with Gasteiger partial charge in [-0.1, -0.05) is 0 Å². The van der Waals surface area contributed by atoms with Crippen LogP contribution in [0.3, 0.4) is 0 Å². The number of alkyl halides is 3. The lowest BCUT2D eigenvalue weighted by molar-refractivity contribution is -0.160. The lowest BCUT2D eigenvalue weighted by Gasteiger charge is -2.31. The average molecular weight is 222 g/mol. The molecule has 2 fully saturated rings. The van der Waals surface area contributed by atoms with Crippen LogP contribution in [-0.4, -0.2) is 36.1 Å². The molecule has 0 radical (unpaired) electrons. The predicted octanol–water partition coefficient (Wildman–Crippen LogP) is 0.881. The molecule has 2 aliphatic rings. The monoisotopic (exact) mass is 222 g/mol. The van der Waals surface area contributed by atoms with Gasteiger partial charge in [0.2, 0.25) is 5.91 Å². The molecule has 1 saturated heterocycles. The average Bonchev–Trinajstić information content (AvgIpc) is 2.86. The minimum atomic E-state index is -4.54. The first-order valence-corrected chi connectivity index (χ1v) is 4.51. The van der Waals surface area contributed by atoms with Crippen LogP contribution in [-0.2, 0) is 4.79 Å². The molecule has 4 nitrogen and oxygen atoms in total. The molecular formula is C8H9F3N2O2. The zero-order valence-electron chi connectivity index (χ0n) is 7.73. The Balaban J connectivity index is 2.14. The summed E-state index contributed by atoms with van der Waals surface area (Å²) in [6, 6.07) is -0.949. The molecule has 1 spiro atoms. The predicted molar refractivity (Wildman–Crippen MR) is 42.8 cm³/mol. The molecule has 1 aliphatic heterocycles. The highest BCUT2D eigenvalue weighted by molar-refractivity contribution is 6.01. The molecule has 3 amide bonds. The first-order valence-electron chi connectivity index (χ1n) is 4.51. The maximum atomic E-state index is 12.1. The molecule has 0 unspecified atom stereocenters. The van der Waals surface area contributed by atoms with E-state index in [-0.39, 0.29) is 11.4 Å². The van der Waals surface area contributed by atoms with Gasteiger partial charge in [-0.25, -0.2) is 4.79 Å². The highest BCUT2D eigenvalue weighted by atomic mass is 19.4. The molecule has 84 valence electrons. The van der Waals surface area contributed by atoms with E-state index in [1.54, 1.807) is 0 Å². The van der Waals surface area contributed by atoms with Crippen LogP contribution in [0.4, 0.5) is 18.0 Å². The number of carbonyl (C=O) groups excluding carboxylic acids is 2. The van der Waals surface area contributed by atoms with E-state index >= 15 is 0 Å². The van der Waals surface area contributed by atoms with Gasteiger partial charge in [-0.3, -0.25) is 9.69 Å². The SMILES string of the molecule is O=C1NCC2(CC2)C(=O)N1CC(F)(F)F. The van der Waals surface area contributed by atoms with Gasteiger partial charge in [-0.15, -0.1) is 0 Å².